The summed E-state index contributed by atoms with van der Waals surface area (Å²) in [6.45, 7) is 0.559. The molecule has 2 rings (SSSR count). The molecule has 1 saturated heterocycles. The number of benzene rings is 1. The van der Waals surface area contributed by atoms with Crippen LogP contribution >= 0.6 is 0 Å². The summed E-state index contributed by atoms with van der Waals surface area (Å²) >= 11 is 0. The van der Waals surface area contributed by atoms with Crippen LogP contribution in [0.25, 0.3) is 0 Å². The molecule has 1 atom stereocenters. The maximum Gasteiger partial charge on any atom is 0.293 e. The van der Waals surface area contributed by atoms with Crippen LogP contribution < -0.4 is 5.32 Å². The molecule has 0 aliphatic carbocycles. The summed E-state index contributed by atoms with van der Waals surface area (Å²) in [5.74, 6) is 0.217. The highest BCUT2D eigenvalue weighted by Crippen LogP contribution is 2.23. The molecular formula is C10H10N2O3. The minimum absolute atomic E-state index is 0.141. The number of hydrogen-bond acceptors (Lipinski definition) is 4. The van der Waals surface area contributed by atoms with Crippen molar-refractivity contribution in [1.29, 1.82) is 0 Å². The molecular weight excluding hydrogens is 196 g/mol. The first-order chi connectivity index (χ1) is 7.25. The highest BCUT2D eigenvalue weighted by molar-refractivity contribution is 5.20. The van der Waals surface area contributed by atoms with Crippen molar-refractivity contribution in [2.24, 2.45) is 0 Å². The van der Waals surface area contributed by atoms with Gasteiger partial charge in [-0.3, -0.25) is 10.1 Å². The quantitative estimate of drug-likeness (QED) is 0.587. The summed E-state index contributed by atoms with van der Waals surface area (Å²) in [7, 11) is 0. The third-order valence-electron chi connectivity index (χ3n) is 2.12. The van der Waals surface area contributed by atoms with Gasteiger partial charge in [-0.1, -0.05) is 30.3 Å². The second-order valence-corrected chi connectivity index (χ2v) is 3.18. The summed E-state index contributed by atoms with van der Waals surface area (Å²) in [5.41, 5.74) is 1.01. The fourth-order valence-corrected chi connectivity index (χ4v) is 1.46. The highest BCUT2D eigenvalue weighted by Gasteiger charge is 2.23. The van der Waals surface area contributed by atoms with Gasteiger partial charge in [-0.15, -0.1) is 0 Å². The lowest BCUT2D eigenvalue weighted by atomic mass is 10.1. The number of hydrogen-bond donors (Lipinski definition) is 1. The van der Waals surface area contributed by atoms with Crippen molar-refractivity contribution >= 4 is 0 Å². The Kier molecular flexibility index (Phi) is 2.53. The topological polar surface area (TPSA) is 64.4 Å². The lowest BCUT2D eigenvalue weighted by Crippen LogP contribution is -2.08. The highest BCUT2D eigenvalue weighted by atomic mass is 16.6. The van der Waals surface area contributed by atoms with E-state index < -0.39 is 4.92 Å². The first-order valence-corrected chi connectivity index (χ1v) is 4.56. The molecule has 1 unspecified atom stereocenters. The van der Waals surface area contributed by atoms with Crippen LogP contribution in [0.2, 0.25) is 0 Å². The predicted octanol–water partition coefficient (Wildman–Crippen LogP) is 1.42. The number of nitrogens with one attached hydrogen (secondary N) is 1. The van der Waals surface area contributed by atoms with Crippen molar-refractivity contribution in [3.63, 3.8) is 0 Å². The van der Waals surface area contributed by atoms with E-state index in [1.165, 1.54) is 0 Å². The number of rotatable bonds is 2. The standard InChI is InChI=1S/C10H10N2O3/c13-12(14)7-10-11-6-9(15-10)8-4-2-1-3-5-8/h1-5,7,9,11H,6H2. The van der Waals surface area contributed by atoms with Gasteiger partial charge in [0.2, 0.25) is 0 Å². The molecule has 0 bridgehead atoms. The molecule has 0 spiro atoms. The maximum absolute atomic E-state index is 10.2. The summed E-state index contributed by atoms with van der Waals surface area (Å²) in [4.78, 5) is 9.68. The van der Waals surface area contributed by atoms with Gasteiger partial charge >= 0.3 is 0 Å². The molecule has 78 valence electrons. The minimum Gasteiger partial charge on any atom is -0.465 e. The molecule has 1 N–H and O–H groups in total. The van der Waals surface area contributed by atoms with Crippen LogP contribution in [0.1, 0.15) is 11.7 Å². The molecule has 0 radical (unpaired) electrons. The molecule has 1 aliphatic rings. The number of ether oxygens (including phenoxy) is 1. The molecule has 1 heterocycles. The lowest BCUT2D eigenvalue weighted by Gasteiger charge is -2.07. The molecule has 0 amide bonds. The van der Waals surface area contributed by atoms with E-state index >= 15 is 0 Å². The van der Waals surface area contributed by atoms with Crippen molar-refractivity contribution in [3.8, 4) is 0 Å². The van der Waals surface area contributed by atoms with Gasteiger partial charge in [0.05, 0.1) is 11.5 Å². The molecule has 15 heavy (non-hydrogen) atoms. The SMILES string of the molecule is O=[N+]([O-])C=C1NCC(c2ccccc2)O1. The Morgan fingerprint density at radius 2 is 2.20 bits per heavy atom. The Morgan fingerprint density at radius 1 is 1.47 bits per heavy atom. The third kappa shape index (κ3) is 2.25. The Bertz CT molecular complexity index is 389. The van der Waals surface area contributed by atoms with Gasteiger partial charge in [-0.2, -0.15) is 0 Å². The van der Waals surface area contributed by atoms with E-state index in [1.807, 2.05) is 30.3 Å². The van der Waals surface area contributed by atoms with E-state index in [0.717, 1.165) is 11.8 Å². The van der Waals surface area contributed by atoms with Gasteiger partial charge in [0, 0.05) is 0 Å². The zero-order valence-corrected chi connectivity index (χ0v) is 7.92. The van der Waals surface area contributed by atoms with Crippen molar-refractivity contribution in [2.75, 3.05) is 6.54 Å². The van der Waals surface area contributed by atoms with Gasteiger partial charge in [0.25, 0.3) is 12.1 Å². The first kappa shape index (κ1) is 9.51. The van der Waals surface area contributed by atoms with Crippen molar-refractivity contribution < 1.29 is 9.66 Å². The molecule has 1 aromatic carbocycles. The normalized spacial score (nSPS) is 22.1. The van der Waals surface area contributed by atoms with Crippen LogP contribution in [-0.2, 0) is 4.74 Å². The molecule has 1 aromatic rings. The third-order valence-corrected chi connectivity index (χ3v) is 2.12. The maximum atomic E-state index is 10.2. The smallest absolute Gasteiger partial charge is 0.293 e. The van der Waals surface area contributed by atoms with Crippen LogP contribution in [0.4, 0.5) is 0 Å². The summed E-state index contributed by atoms with van der Waals surface area (Å²) in [6, 6.07) is 9.60. The van der Waals surface area contributed by atoms with Gasteiger partial charge in [0.1, 0.15) is 6.10 Å². The zero-order chi connectivity index (χ0) is 10.7. The molecule has 0 aromatic heterocycles. The summed E-state index contributed by atoms with van der Waals surface area (Å²) < 4.78 is 5.37. The van der Waals surface area contributed by atoms with Crippen molar-refractivity contribution in [1.82, 2.24) is 5.32 Å². The van der Waals surface area contributed by atoms with Crippen LogP contribution in [0.15, 0.2) is 42.4 Å². The molecule has 1 aliphatic heterocycles. The van der Waals surface area contributed by atoms with Gasteiger partial charge in [-0.25, -0.2) is 0 Å². The van der Waals surface area contributed by atoms with Crippen LogP contribution in [0, 0.1) is 10.1 Å². The summed E-state index contributed by atoms with van der Waals surface area (Å²) in [5, 5.41) is 13.0. The Hall–Kier alpha value is -2.04. The second-order valence-electron chi connectivity index (χ2n) is 3.18. The van der Waals surface area contributed by atoms with E-state index in [-0.39, 0.29) is 12.0 Å². The monoisotopic (exact) mass is 206 g/mol. The van der Waals surface area contributed by atoms with Crippen LogP contribution in [-0.4, -0.2) is 11.5 Å². The van der Waals surface area contributed by atoms with Gasteiger partial charge in [-0.05, 0) is 5.56 Å². The van der Waals surface area contributed by atoms with E-state index in [1.54, 1.807) is 0 Å². The second kappa shape index (κ2) is 4.00. The molecule has 5 nitrogen and oxygen atoms in total. The van der Waals surface area contributed by atoms with E-state index in [9.17, 15) is 10.1 Å². The Labute approximate surface area is 86.5 Å². The van der Waals surface area contributed by atoms with Crippen molar-refractivity contribution in [3.05, 3.63) is 58.1 Å². The molecule has 5 heteroatoms. The molecule has 1 fully saturated rings. The fourth-order valence-electron chi connectivity index (χ4n) is 1.46. The lowest BCUT2D eigenvalue weighted by molar-refractivity contribution is -0.405. The Balaban J connectivity index is 2.08. The summed E-state index contributed by atoms with van der Waals surface area (Å²) in [6.07, 6.45) is 0.695. The van der Waals surface area contributed by atoms with Gasteiger partial charge in [0.15, 0.2) is 0 Å². The van der Waals surface area contributed by atoms with E-state index in [4.69, 9.17) is 4.74 Å². The predicted molar refractivity (Wildman–Crippen MR) is 53.3 cm³/mol. The Morgan fingerprint density at radius 3 is 2.87 bits per heavy atom. The van der Waals surface area contributed by atoms with E-state index in [0.29, 0.717) is 6.54 Å². The minimum atomic E-state index is -0.532. The fraction of sp³-hybridized carbons (Fsp3) is 0.200. The van der Waals surface area contributed by atoms with Crippen LogP contribution in [0.5, 0.6) is 0 Å². The number of nitrogens with zero attached hydrogens (tertiary/aromatic N) is 1. The van der Waals surface area contributed by atoms with Crippen molar-refractivity contribution in [2.45, 2.75) is 6.10 Å². The number of nitro groups is 1. The largest absolute Gasteiger partial charge is 0.465 e. The average Bonchev–Trinajstić information content (AvgIpc) is 2.67. The van der Waals surface area contributed by atoms with Gasteiger partial charge < -0.3 is 10.1 Å². The zero-order valence-electron chi connectivity index (χ0n) is 7.92. The average molecular weight is 206 g/mol. The van der Waals surface area contributed by atoms with Crippen LogP contribution in [0.3, 0.4) is 0 Å². The van der Waals surface area contributed by atoms with E-state index in [2.05, 4.69) is 5.32 Å². The molecule has 0 saturated carbocycles. The first-order valence-electron chi connectivity index (χ1n) is 4.56.